The van der Waals surface area contributed by atoms with Crippen LogP contribution in [0.5, 0.6) is 11.5 Å². The molecule has 1 aliphatic carbocycles. The Bertz CT molecular complexity index is 1530. The van der Waals surface area contributed by atoms with Crippen molar-refractivity contribution in [2.75, 3.05) is 26.1 Å². The van der Waals surface area contributed by atoms with E-state index in [1.54, 1.807) is 42.6 Å². The Hall–Kier alpha value is -4.33. The van der Waals surface area contributed by atoms with Gasteiger partial charge in [0.15, 0.2) is 0 Å². The highest BCUT2D eigenvalue weighted by molar-refractivity contribution is 5.96. The van der Waals surface area contributed by atoms with Gasteiger partial charge in [-0.25, -0.2) is 0 Å². The van der Waals surface area contributed by atoms with Crippen molar-refractivity contribution in [3.05, 3.63) is 83.8 Å². The van der Waals surface area contributed by atoms with Crippen molar-refractivity contribution in [1.29, 1.82) is 0 Å². The number of aromatic nitrogens is 2. The molecular weight excluding hydrogens is 504 g/mol. The number of fused-ring (bicyclic) bond motifs is 1. The first-order valence-corrected chi connectivity index (χ1v) is 13.5. The highest BCUT2D eigenvalue weighted by Crippen LogP contribution is 2.67. The minimum absolute atomic E-state index is 0.0376. The van der Waals surface area contributed by atoms with Crippen LogP contribution in [-0.2, 0) is 16.1 Å². The molecule has 0 spiro atoms. The third-order valence-corrected chi connectivity index (χ3v) is 8.17. The fourth-order valence-electron chi connectivity index (χ4n) is 5.92. The van der Waals surface area contributed by atoms with Gasteiger partial charge in [-0.05, 0) is 59.6 Å². The Labute approximate surface area is 234 Å². The van der Waals surface area contributed by atoms with E-state index in [1.807, 2.05) is 18.2 Å². The van der Waals surface area contributed by atoms with E-state index in [9.17, 15) is 9.59 Å². The quantitative estimate of drug-likeness (QED) is 0.270. The second kappa shape index (κ2) is 11.0. The van der Waals surface area contributed by atoms with Gasteiger partial charge in [-0.1, -0.05) is 38.1 Å². The summed E-state index contributed by atoms with van der Waals surface area (Å²) in [5.41, 5.74) is 4.90. The Kier molecular flexibility index (Phi) is 7.52. The number of anilines is 1. The molecule has 4 aromatic rings. The molecule has 2 atom stereocenters. The summed E-state index contributed by atoms with van der Waals surface area (Å²) in [5.74, 6) is 1.16. The molecule has 0 saturated heterocycles. The van der Waals surface area contributed by atoms with Gasteiger partial charge in [-0.3, -0.25) is 14.6 Å². The summed E-state index contributed by atoms with van der Waals surface area (Å²) in [6.07, 6.45) is 3.78. The van der Waals surface area contributed by atoms with E-state index >= 15 is 0 Å². The van der Waals surface area contributed by atoms with Gasteiger partial charge in [0.25, 0.3) is 0 Å². The molecule has 40 heavy (non-hydrogen) atoms. The maximum absolute atomic E-state index is 13.8. The summed E-state index contributed by atoms with van der Waals surface area (Å²) in [6, 6.07) is 17.3. The lowest BCUT2D eigenvalue weighted by Crippen LogP contribution is -2.38. The van der Waals surface area contributed by atoms with Crippen LogP contribution >= 0.6 is 0 Å². The van der Waals surface area contributed by atoms with E-state index in [1.165, 1.54) is 18.1 Å². The topological polar surface area (TPSA) is 96.5 Å². The second-order valence-corrected chi connectivity index (χ2v) is 11.0. The van der Waals surface area contributed by atoms with Crippen molar-refractivity contribution in [2.45, 2.75) is 39.7 Å². The lowest BCUT2D eigenvalue weighted by atomic mass is 10.0. The number of carbonyl (C=O) groups excluding carboxylic acids is 2. The Morgan fingerprint density at radius 3 is 2.60 bits per heavy atom. The average Bonchev–Trinajstić information content (AvgIpc) is 3.29. The number of rotatable bonds is 10. The van der Waals surface area contributed by atoms with Gasteiger partial charge in [0.2, 0.25) is 11.8 Å². The molecule has 2 N–H and O–H groups in total. The van der Waals surface area contributed by atoms with Crippen molar-refractivity contribution < 1.29 is 19.1 Å². The number of benzene rings is 2. The first kappa shape index (κ1) is 27.2. The number of hydrogen-bond acceptors (Lipinski definition) is 5. The maximum atomic E-state index is 13.8. The molecule has 0 aliphatic heterocycles. The first-order chi connectivity index (χ1) is 19.2. The minimum atomic E-state index is -0.306. The van der Waals surface area contributed by atoms with Gasteiger partial charge in [0.1, 0.15) is 18.0 Å². The monoisotopic (exact) mass is 540 g/mol. The number of pyridine rings is 1. The zero-order valence-electron chi connectivity index (χ0n) is 23.7. The van der Waals surface area contributed by atoms with E-state index in [4.69, 9.17) is 9.47 Å². The van der Waals surface area contributed by atoms with Crippen molar-refractivity contribution in [3.63, 3.8) is 0 Å². The number of H-pyrrole nitrogens is 1. The number of nitrogens with zero attached hydrogens (tertiary/aromatic N) is 2. The zero-order chi connectivity index (χ0) is 28.4. The number of nitrogens with one attached hydrogen (secondary N) is 2. The second-order valence-electron chi connectivity index (χ2n) is 11.0. The smallest absolute Gasteiger partial charge is 0.244 e. The van der Waals surface area contributed by atoms with Gasteiger partial charge in [-0.2, -0.15) is 0 Å². The normalized spacial score (nSPS) is 17.3. The average molecular weight is 541 g/mol. The van der Waals surface area contributed by atoms with Crippen LogP contribution in [0.15, 0.2) is 67.0 Å². The number of hydrogen-bond donors (Lipinski definition) is 2. The Balaban J connectivity index is 1.34. The molecule has 5 rings (SSSR count). The van der Waals surface area contributed by atoms with Gasteiger partial charge in [-0.15, -0.1) is 0 Å². The van der Waals surface area contributed by atoms with Crippen LogP contribution in [-0.4, -0.2) is 47.4 Å². The lowest BCUT2D eigenvalue weighted by molar-refractivity contribution is -0.135. The molecule has 1 fully saturated rings. The number of methoxy groups -OCH3 is 2. The number of carbonyl (C=O) groups is 2. The van der Waals surface area contributed by atoms with Crippen LogP contribution in [0.1, 0.15) is 43.0 Å². The first-order valence-electron chi connectivity index (χ1n) is 13.5. The van der Waals surface area contributed by atoms with E-state index < -0.39 is 0 Å². The molecule has 0 bridgehead atoms. The predicted molar refractivity (Wildman–Crippen MR) is 155 cm³/mol. The number of aryl methyl sites for hydroxylation is 1. The fraction of sp³-hybridized carbons (Fsp3) is 0.344. The lowest BCUT2D eigenvalue weighted by Gasteiger charge is -2.23. The molecule has 2 aromatic carbocycles. The molecule has 8 nitrogen and oxygen atoms in total. The Morgan fingerprint density at radius 1 is 1.07 bits per heavy atom. The molecule has 1 saturated carbocycles. The van der Waals surface area contributed by atoms with Crippen LogP contribution in [0.4, 0.5) is 5.69 Å². The summed E-state index contributed by atoms with van der Waals surface area (Å²) in [6.45, 7) is 6.77. The highest BCUT2D eigenvalue weighted by Gasteiger charge is 2.59. The zero-order valence-corrected chi connectivity index (χ0v) is 23.7. The summed E-state index contributed by atoms with van der Waals surface area (Å²) < 4.78 is 10.7. The number of ether oxygens (including phenoxy) is 2. The molecule has 2 heterocycles. The molecule has 8 heteroatoms. The standard InChI is InChI=1S/C32H36N4O4/c1-20-30(23-10-6-7-11-25(23)34-20)31-24(32(31,2)3)16-29(38)36(18-21-9-8-14-33-17-21)19-28(37)35-26-13-12-22(39-4)15-27(26)40-5/h6-15,17,24,31,34H,16,18-19H2,1-5H3,(H,35,37)/t24-,31+/m1/s1. The van der Waals surface area contributed by atoms with Crippen LogP contribution in [0.2, 0.25) is 0 Å². The molecule has 2 amide bonds. The van der Waals surface area contributed by atoms with Crippen LogP contribution in [0.3, 0.4) is 0 Å². The summed E-state index contributed by atoms with van der Waals surface area (Å²) >= 11 is 0. The summed E-state index contributed by atoms with van der Waals surface area (Å²) in [4.78, 5) is 36.3. The van der Waals surface area contributed by atoms with Crippen molar-refractivity contribution >= 4 is 28.4 Å². The van der Waals surface area contributed by atoms with E-state index in [-0.39, 0.29) is 35.6 Å². The third kappa shape index (κ3) is 5.39. The summed E-state index contributed by atoms with van der Waals surface area (Å²) in [7, 11) is 3.10. The molecule has 2 aromatic heterocycles. The highest BCUT2D eigenvalue weighted by atomic mass is 16.5. The Morgan fingerprint density at radius 2 is 1.88 bits per heavy atom. The maximum Gasteiger partial charge on any atom is 0.244 e. The number of amides is 2. The van der Waals surface area contributed by atoms with Gasteiger partial charge in [0.05, 0.1) is 19.9 Å². The largest absolute Gasteiger partial charge is 0.497 e. The van der Waals surface area contributed by atoms with Crippen LogP contribution < -0.4 is 14.8 Å². The third-order valence-electron chi connectivity index (χ3n) is 8.17. The number of para-hydroxylation sites is 1. The minimum Gasteiger partial charge on any atom is -0.497 e. The molecule has 208 valence electrons. The summed E-state index contributed by atoms with van der Waals surface area (Å²) in [5, 5.41) is 4.11. The predicted octanol–water partition coefficient (Wildman–Crippen LogP) is 5.69. The van der Waals surface area contributed by atoms with Crippen LogP contribution in [0.25, 0.3) is 10.9 Å². The van der Waals surface area contributed by atoms with Crippen molar-refractivity contribution in [2.24, 2.45) is 11.3 Å². The number of aromatic amines is 1. The van der Waals surface area contributed by atoms with Crippen molar-refractivity contribution in [1.82, 2.24) is 14.9 Å². The molecule has 1 aliphatic rings. The van der Waals surface area contributed by atoms with E-state index in [0.717, 1.165) is 16.8 Å². The fourth-order valence-corrected chi connectivity index (χ4v) is 5.92. The van der Waals surface area contributed by atoms with Crippen LogP contribution in [0, 0.1) is 18.3 Å². The van der Waals surface area contributed by atoms with Gasteiger partial charge >= 0.3 is 0 Å². The van der Waals surface area contributed by atoms with E-state index in [0.29, 0.717) is 30.2 Å². The SMILES string of the molecule is COc1ccc(NC(=O)CN(Cc2cccnc2)C(=O)C[C@@H]2[C@@H](c3c(C)[nH]c4ccccc34)C2(C)C)c(OC)c1. The van der Waals surface area contributed by atoms with Gasteiger partial charge in [0, 0.05) is 48.0 Å². The molecular formula is C32H36N4O4. The molecule has 0 unspecified atom stereocenters. The molecule has 0 radical (unpaired) electrons. The van der Waals surface area contributed by atoms with Gasteiger partial charge < -0.3 is 24.7 Å². The van der Waals surface area contributed by atoms with E-state index in [2.05, 4.69) is 54.3 Å². The van der Waals surface area contributed by atoms with Crippen molar-refractivity contribution in [3.8, 4) is 11.5 Å².